The van der Waals surface area contributed by atoms with Gasteiger partial charge in [0.25, 0.3) is 0 Å². The molecular weight excluding hydrogens is 244 g/mol. The lowest BCUT2D eigenvalue weighted by Crippen LogP contribution is -2.13. The van der Waals surface area contributed by atoms with Gasteiger partial charge in [0.05, 0.1) is 11.5 Å². The Hall–Kier alpha value is -1.78. The summed E-state index contributed by atoms with van der Waals surface area (Å²) in [6.45, 7) is 5.37. The molecule has 1 aliphatic carbocycles. The van der Waals surface area contributed by atoms with E-state index in [4.69, 9.17) is 4.74 Å². The third-order valence-corrected chi connectivity index (χ3v) is 3.51. The first-order valence-corrected chi connectivity index (χ1v) is 6.77. The molecule has 5 nitrogen and oxygen atoms in total. The number of hydrogen-bond acceptors (Lipinski definition) is 4. The predicted octanol–water partition coefficient (Wildman–Crippen LogP) is 3.45. The maximum atomic E-state index is 10.9. The molecule has 1 unspecified atom stereocenters. The van der Waals surface area contributed by atoms with Crippen molar-refractivity contribution in [1.29, 1.82) is 0 Å². The SMILES string of the molecule is CCOc1cc(NCC(C)C2CC2)ccc1[N+](=O)[O-]. The van der Waals surface area contributed by atoms with Crippen LogP contribution in [0.3, 0.4) is 0 Å². The Morgan fingerprint density at radius 3 is 2.84 bits per heavy atom. The number of hydrogen-bond donors (Lipinski definition) is 1. The summed E-state index contributed by atoms with van der Waals surface area (Å²) in [5, 5.41) is 14.2. The maximum absolute atomic E-state index is 10.9. The van der Waals surface area contributed by atoms with Crippen LogP contribution in [0.1, 0.15) is 26.7 Å². The quantitative estimate of drug-likeness (QED) is 0.605. The number of nitrogens with one attached hydrogen (secondary N) is 1. The van der Waals surface area contributed by atoms with Crippen molar-refractivity contribution in [2.24, 2.45) is 11.8 Å². The zero-order chi connectivity index (χ0) is 13.8. The molecule has 1 atom stereocenters. The second-order valence-electron chi connectivity index (χ2n) is 5.07. The van der Waals surface area contributed by atoms with Crippen molar-refractivity contribution < 1.29 is 9.66 Å². The lowest BCUT2D eigenvalue weighted by atomic mass is 10.1. The Kier molecular flexibility index (Phi) is 4.24. The number of benzene rings is 1. The fourth-order valence-corrected chi connectivity index (χ4v) is 2.16. The Bertz CT molecular complexity index is 458. The monoisotopic (exact) mass is 264 g/mol. The number of ether oxygens (including phenoxy) is 1. The van der Waals surface area contributed by atoms with Crippen LogP contribution < -0.4 is 10.1 Å². The van der Waals surface area contributed by atoms with Gasteiger partial charge in [0.2, 0.25) is 0 Å². The molecule has 0 spiro atoms. The molecule has 1 N–H and O–H groups in total. The first kappa shape index (κ1) is 13.6. The van der Waals surface area contributed by atoms with Crippen molar-refractivity contribution in [2.75, 3.05) is 18.5 Å². The van der Waals surface area contributed by atoms with Gasteiger partial charge in [-0.1, -0.05) is 6.92 Å². The summed E-state index contributed by atoms with van der Waals surface area (Å²) in [4.78, 5) is 10.5. The molecule has 1 saturated carbocycles. The van der Waals surface area contributed by atoms with E-state index in [0.29, 0.717) is 18.3 Å². The normalized spacial score (nSPS) is 15.9. The Morgan fingerprint density at radius 1 is 1.53 bits per heavy atom. The van der Waals surface area contributed by atoms with Crippen molar-refractivity contribution in [3.05, 3.63) is 28.3 Å². The van der Waals surface area contributed by atoms with Gasteiger partial charge in [-0.15, -0.1) is 0 Å². The number of rotatable bonds is 7. The number of nitrogens with zero attached hydrogens (tertiary/aromatic N) is 1. The minimum absolute atomic E-state index is 0.0163. The van der Waals surface area contributed by atoms with Gasteiger partial charge in [-0.05, 0) is 37.7 Å². The third kappa shape index (κ3) is 3.59. The fourth-order valence-electron chi connectivity index (χ4n) is 2.16. The van der Waals surface area contributed by atoms with E-state index in [2.05, 4.69) is 12.2 Å². The average molecular weight is 264 g/mol. The van der Waals surface area contributed by atoms with Crippen LogP contribution >= 0.6 is 0 Å². The standard InChI is InChI=1S/C14H20N2O3/c1-3-19-14-8-12(6-7-13(14)16(17)18)15-9-10(2)11-4-5-11/h6-8,10-11,15H,3-5,9H2,1-2H3. The molecule has 0 saturated heterocycles. The summed E-state index contributed by atoms with van der Waals surface area (Å²) >= 11 is 0. The molecule has 1 aliphatic rings. The van der Waals surface area contributed by atoms with Gasteiger partial charge in [0.15, 0.2) is 5.75 Å². The molecule has 1 fully saturated rings. The van der Waals surface area contributed by atoms with Crippen molar-refractivity contribution in [3.8, 4) is 5.75 Å². The highest BCUT2D eigenvalue weighted by Gasteiger charge is 2.27. The molecule has 0 amide bonds. The van der Waals surface area contributed by atoms with E-state index in [1.165, 1.54) is 18.9 Å². The van der Waals surface area contributed by atoms with E-state index in [9.17, 15) is 10.1 Å². The van der Waals surface area contributed by atoms with Crippen molar-refractivity contribution >= 4 is 11.4 Å². The van der Waals surface area contributed by atoms with E-state index in [-0.39, 0.29) is 5.69 Å². The molecule has 0 bridgehead atoms. The molecule has 1 aromatic carbocycles. The Labute approximate surface area is 113 Å². The Balaban J connectivity index is 2.03. The fraction of sp³-hybridized carbons (Fsp3) is 0.571. The molecule has 0 heterocycles. The van der Waals surface area contributed by atoms with Gasteiger partial charge < -0.3 is 10.1 Å². The van der Waals surface area contributed by atoms with E-state index >= 15 is 0 Å². The van der Waals surface area contributed by atoms with E-state index in [1.807, 2.05) is 6.92 Å². The van der Waals surface area contributed by atoms with Crippen LogP contribution in [-0.4, -0.2) is 18.1 Å². The number of anilines is 1. The van der Waals surface area contributed by atoms with Gasteiger partial charge in [0, 0.05) is 24.4 Å². The van der Waals surface area contributed by atoms with Crippen molar-refractivity contribution in [3.63, 3.8) is 0 Å². The summed E-state index contributed by atoms with van der Waals surface area (Å²) in [7, 11) is 0. The maximum Gasteiger partial charge on any atom is 0.311 e. The smallest absolute Gasteiger partial charge is 0.311 e. The van der Waals surface area contributed by atoms with Gasteiger partial charge in [-0.2, -0.15) is 0 Å². The second kappa shape index (κ2) is 5.91. The molecule has 1 aromatic rings. The second-order valence-corrected chi connectivity index (χ2v) is 5.07. The van der Waals surface area contributed by atoms with Crippen LogP contribution in [0.4, 0.5) is 11.4 Å². The average Bonchev–Trinajstić information content (AvgIpc) is 3.20. The van der Waals surface area contributed by atoms with Crippen LogP contribution in [0.2, 0.25) is 0 Å². The highest BCUT2D eigenvalue weighted by molar-refractivity contribution is 5.58. The molecule has 5 heteroatoms. The van der Waals surface area contributed by atoms with Crippen LogP contribution in [0, 0.1) is 22.0 Å². The van der Waals surface area contributed by atoms with E-state index < -0.39 is 4.92 Å². The first-order valence-electron chi connectivity index (χ1n) is 6.77. The predicted molar refractivity (Wildman–Crippen MR) is 74.6 cm³/mol. The first-order chi connectivity index (χ1) is 9.11. The molecule has 2 rings (SSSR count). The highest BCUT2D eigenvalue weighted by atomic mass is 16.6. The van der Waals surface area contributed by atoms with Gasteiger partial charge >= 0.3 is 5.69 Å². The van der Waals surface area contributed by atoms with Crippen LogP contribution in [-0.2, 0) is 0 Å². The molecular formula is C14H20N2O3. The van der Waals surface area contributed by atoms with Crippen LogP contribution in [0.15, 0.2) is 18.2 Å². The van der Waals surface area contributed by atoms with Crippen LogP contribution in [0.5, 0.6) is 5.75 Å². The minimum Gasteiger partial charge on any atom is -0.487 e. The highest BCUT2D eigenvalue weighted by Crippen LogP contribution is 2.37. The molecule has 19 heavy (non-hydrogen) atoms. The molecule has 104 valence electrons. The molecule has 0 radical (unpaired) electrons. The van der Waals surface area contributed by atoms with Crippen molar-refractivity contribution in [1.82, 2.24) is 0 Å². The van der Waals surface area contributed by atoms with E-state index in [1.54, 1.807) is 12.1 Å². The lowest BCUT2D eigenvalue weighted by Gasteiger charge is -2.13. The topological polar surface area (TPSA) is 64.4 Å². The number of nitro benzene ring substituents is 1. The lowest BCUT2D eigenvalue weighted by molar-refractivity contribution is -0.385. The van der Waals surface area contributed by atoms with Gasteiger partial charge in [0.1, 0.15) is 0 Å². The minimum atomic E-state index is -0.415. The summed E-state index contributed by atoms with van der Waals surface area (Å²) < 4.78 is 5.32. The molecule has 0 aliphatic heterocycles. The zero-order valence-electron chi connectivity index (χ0n) is 11.4. The summed E-state index contributed by atoms with van der Waals surface area (Å²) in [6, 6.07) is 4.94. The summed E-state index contributed by atoms with van der Waals surface area (Å²) in [6.07, 6.45) is 2.65. The van der Waals surface area contributed by atoms with E-state index in [0.717, 1.165) is 18.2 Å². The third-order valence-electron chi connectivity index (χ3n) is 3.51. The Morgan fingerprint density at radius 2 is 2.26 bits per heavy atom. The zero-order valence-corrected chi connectivity index (χ0v) is 11.4. The molecule has 0 aromatic heterocycles. The largest absolute Gasteiger partial charge is 0.487 e. The van der Waals surface area contributed by atoms with Gasteiger partial charge in [-0.3, -0.25) is 10.1 Å². The van der Waals surface area contributed by atoms with Crippen LogP contribution in [0.25, 0.3) is 0 Å². The number of nitro groups is 1. The van der Waals surface area contributed by atoms with Gasteiger partial charge in [-0.25, -0.2) is 0 Å². The summed E-state index contributed by atoms with van der Waals surface area (Å²) in [5.41, 5.74) is 0.893. The summed E-state index contributed by atoms with van der Waals surface area (Å²) in [5.74, 6) is 1.82. The van der Waals surface area contributed by atoms with Crippen molar-refractivity contribution in [2.45, 2.75) is 26.7 Å².